The van der Waals surface area contributed by atoms with Gasteiger partial charge in [0, 0.05) is 0 Å². The van der Waals surface area contributed by atoms with Crippen molar-refractivity contribution in [2.24, 2.45) is 0 Å². The van der Waals surface area contributed by atoms with Gasteiger partial charge < -0.3 is 14.2 Å². The van der Waals surface area contributed by atoms with Gasteiger partial charge in [-0.15, -0.1) is 0 Å². The first-order chi connectivity index (χ1) is 12.2. The van der Waals surface area contributed by atoms with Crippen LogP contribution in [0.5, 0.6) is 11.5 Å². The maximum absolute atomic E-state index is 12.4. The van der Waals surface area contributed by atoms with Crippen molar-refractivity contribution in [3.8, 4) is 11.5 Å². The second-order valence-corrected chi connectivity index (χ2v) is 5.39. The standard InChI is InChI=1S/C20H22O5/c1-3-13-23-18-8-6-5-7-17(18)20(22)25-16-11-9-15(10-12-16)19(21)24-14-4-2/h5-12H,3-4,13-14H2,1-2H3. The zero-order valence-corrected chi connectivity index (χ0v) is 14.5. The molecule has 0 saturated carbocycles. The third-order valence-corrected chi connectivity index (χ3v) is 3.31. The van der Waals surface area contributed by atoms with Crippen LogP contribution in [-0.2, 0) is 4.74 Å². The molecule has 0 atom stereocenters. The molecular weight excluding hydrogens is 320 g/mol. The summed E-state index contributed by atoms with van der Waals surface area (Å²) in [6, 6.07) is 13.2. The number of hydrogen-bond donors (Lipinski definition) is 0. The Morgan fingerprint density at radius 1 is 0.840 bits per heavy atom. The molecule has 0 spiro atoms. The molecule has 0 aliphatic carbocycles. The van der Waals surface area contributed by atoms with E-state index in [2.05, 4.69) is 0 Å². The molecule has 0 fully saturated rings. The molecule has 0 amide bonds. The van der Waals surface area contributed by atoms with E-state index in [-0.39, 0.29) is 0 Å². The highest BCUT2D eigenvalue weighted by Gasteiger charge is 2.15. The third kappa shape index (κ3) is 5.35. The number of carbonyl (C=O) groups is 2. The van der Waals surface area contributed by atoms with Crippen molar-refractivity contribution in [1.82, 2.24) is 0 Å². The van der Waals surface area contributed by atoms with Crippen LogP contribution in [0.2, 0.25) is 0 Å². The highest BCUT2D eigenvalue weighted by Crippen LogP contribution is 2.21. The molecule has 0 heterocycles. The van der Waals surface area contributed by atoms with E-state index in [1.807, 2.05) is 13.8 Å². The van der Waals surface area contributed by atoms with Crippen molar-refractivity contribution < 1.29 is 23.8 Å². The van der Waals surface area contributed by atoms with E-state index in [4.69, 9.17) is 14.2 Å². The lowest BCUT2D eigenvalue weighted by Gasteiger charge is -2.10. The van der Waals surface area contributed by atoms with Crippen LogP contribution in [0, 0.1) is 0 Å². The van der Waals surface area contributed by atoms with E-state index in [1.54, 1.807) is 48.5 Å². The molecule has 0 bridgehead atoms. The van der Waals surface area contributed by atoms with Gasteiger partial charge in [-0.1, -0.05) is 26.0 Å². The van der Waals surface area contributed by atoms with Gasteiger partial charge >= 0.3 is 11.9 Å². The number of hydrogen-bond acceptors (Lipinski definition) is 5. The van der Waals surface area contributed by atoms with Crippen LogP contribution < -0.4 is 9.47 Å². The Labute approximate surface area is 147 Å². The largest absolute Gasteiger partial charge is 0.493 e. The van der Waals surface area contributed by atoms with Crippen LogP contribution in [0.25, 0.3) is 0 Å². The van der Waals surface area contributed by atoms with Crippen LogP contribution >= 0.6 is 0 Å². The fraction of sp³-hybridized carbons (Fsp3) is 0.300. The summed E-state index contributed by atoms with van der Waals surface area (Å²) in [6.07, 6.45) is 1.61. The van der Waals surface area contributed by atoms with Gasteiger partial charge in [0.25, 0.3) is 0 Å². The maximum atomic E-state index is 12.4. The number of benzene rings is 2. The van der Waals surface area contributed by atoms with Crippen LogP contribution in [0.1, 0.15) is 47.4 Å². The normalized spacial score (nSPS) is 10.2. The molecule has 0 N–H and O–H groups in total. The zero-order valence-electron chi connectivity index (χ0n) is 14.5. The summed E-state index contributed by atoms with van der Waals surface area (Å²) in [4.78, 5) is 24.1. The number of ether oxygens (including phenoxy) is 3. The van der Waals surface area contributed by atoms with Gasteiger partial charge in [-0.2, -0.15) is 0 Å². The zero-order chi connectivity index (χ0) is 18.1. The molecule has 2 aromatic carbocycles. The predicted molar refractivity (Wildman–Crippen MR) is 94.2 cm³/mol. The molecule has 0 aromatic heterocycles. The summed E-state index contributed by atoms with van der Waals surface area (Å²) in [7, 11) is 0. The maximum Gasteiger partial charge on any atom is 0.347 e. The number of esters is 2. The van der Waals surface area contributed by atoms with E-state index in [0.29, 0.717) is 35.8 Å². The third-order valence-electron chi connectivity index (χ3n) is 3.31. The minimum absolute atomic E-state index is 0.349. The lowest BCUT2D eigenvalue weighted by atomic mass is 10.2. The Hall–Kier alpha value is -2.82. The SMILES string of the molecule is CCCOC(=O)c1ccc(OC(=O)c2ccccc2OCCC)cc1. The Balaban J connectivity index is 2.05. The van der Waals surface area contributed by atoms with Crippen molar-refractivity contribution in [2.75, 3.05) is 13.2 Å². The minimum Gasteiger partial charge on any atom is -0.493 e. The second kappa shape index (κ2) is 9.47. The van der Waals surface area contributed by atoms with Crippen molar-refractivity contribution in [2.45, 2.75) is 26.7 Å². The van der Waals surface area contributed by atoms with Crippen molar-refractivity contribution in [3.63, 3.8) is 0 Å². The molecule has 0 saturated heterocycles. The highest BCUT2D eigenvalue weighted by molar-refractivity contribution is 5.94. The monoisotopic (exact) mass is 342 g/mol. The molecule has 0 aliphatic rings. The van der Waals surface area contributed by atoms with Crippen molar-refractivity contribution in [1.29, 1.82) is 0 Å². The quantitative estimate of drug-likeness (QED) is 0.530. The van der Waals surface area contributed by atoms with Crippen molar-refractivity contribution >= 4 is 11.9 Å². The van der Waals surface area contributed by atoms with Gasteiger partial charge in [0.1, 0.15) is 17.1 Å². The van der Waals surface area contributed by atoms with E-state index in [1.165, 1.54) is 0 Å². The molecule has 2 rings (SSSR count). The summed E-state index contributed by atoms with van der Waals surface area (Å²) in [5.41, 5.74) is 0.780. The predicted octanol–water partition coefficient (Wildman–Crippen LogP) is 4.26. The Bertz CT molecular complexity index is 706. The number of para-hydroxylation sites is 1. The van der Waals surface area contributed by atoms with Crippen molar-refractivity contribution in [3.05, 3.63) is 59.7 Å². The van der Waals surface area contributed by atoms with Crippen LogP contribution in [0.4, 0.5) is 0 Å². The molecule has 5 nitrogen and oxygen atoms in total. The summed E-state index contributed by atoms with van der Waals surface area (Å²) >= 11 is 0. The average Bonchev–Trinajstić information content (AvgIpc) is 2.65. The number of rotatable bonds is 8. The first-order valence-corrected chi connectivity index (χ1v) is 8.37. The van der Waals surface area contributed by atoms with Gasteiger partial charge in [0.15, 0.2) is 0 Å². The molecule has 2 aromatic rings. The highest BCUT2D eigenvalue weighted by atomic mass is 16.5. The van der Waals surface area contributed by atoms with Gasteiger partial charge in [0.05, 0.1) is 18.8 Å². The fourth-order valence-corrected chi connectivity index (χ4v) is 2.07. The number of carbonyl (C=O) groups excluding carboxylic acids is 2. The molecule has 0 aliphatic heterocycles. The van der Waals surface area contributed by atoms with E-state index < -0.39 is 11.9 Å². The summed E-state index contributed by atoms with van der Waals surface area (Å²) < 4.78 is 16.0. The lowest BCUT2D eigenvalue weighted by molar-refractivity contribution is 0.0505. The van der Waals surface area contributed by atoms with Gasteiger partial charge in [-0.25, -0.2) is 9.59 Å². The first kappa shape index (κ1) is 18.5. The van der Waals surface area contributed by atoms with E-state index in [0.717, 1.165) is 12.8 Å². The Morgan fingerprint density at radius 3 is 2.20 bits per heavy atom. The fourth-order valence-electron chi connectivity index (χ4n) is 2.07. The summed E-state index contributed by atoms with van der Waals surface area (Å²) in [5, 5.41) is 0. The Morgan fingerprint density at radius 2 is 1.52 bits per heavy atom. The summed E-state index contributed by atoms with van der Waals surface area (Å²) in [5.74, 6) is -0.0532. The molecule has 25 heavy (non-hydrogen) atoms. The van der Waals surface area contributed by atoms with Gasteiger partial charge in [0.2, 0.25) is 0 Å². The first-order valence-electron chi connectivity index (χ1n) is 8.37. The van der Waals surface area contributed by atoms with E-state index in [9.17, 15) is 9.59 Å². The molecule has 0 radical (unpaired) electrons. The van der Waals surface area contributed by atoms with Gasteiger partial charge in [-0.3, -0.25) is 0 Å². The van der Waals surface area contributed by atoms with Crippen LogP contribution in [0.15, 0.2) is 48.5 Å². The minimum atomic E-state index is -0.506. The topological polar surface area (TPSA) is 61.8 Å². The molecular formula is C20H22O5. The molecule has 132 valence electrons. The van der Waals surface area contributed by atoms with Gasteiger partial charge in [-0.05, 0) is 49.2 Å². The molecule has 0 unspecified atom stereocenters. The van der Waals surface area contributed by atoms with Crippen LogP contribution in [-0.4, -0.2) is 25.2 Å². The smallest absolute Gasteiger partial charge is 0.347 e. The average molecular weight is 342 g/mol. The molecule has 5 heteroatoms. The Kier molecular flexibility index (Phi) is 7.01. The second-order valence-electron chi connectivity index (χ2n) is 5.39. The van der Waals surface area contributed by atoms with Crippen LogP contribution in [0.3, 0.4) is 0 Å². The summed E-state index contributed by atoms with van der Waals surface area (Å²) in [6.45, 7) is 4.83. The van der Waals surface area contributed by atoms with E-state index >= 15 is 0 Å². The lowest BCUT2D eigenvalue weighted by Crippen LogP contribution is -2.11.